The molecule has 1 atom stereocenters. The van der Waals surface area contributed by atoms with E-state index in [0.29, 0.717) is 17.6 Å². The molecule has 1 saturated heterocycles. The summed E-state index contributed by atoms with van der Waals surface area (Å²) in [5.41, 5.74) is 0. The number of likely N-dealkylation sites (tertiary alicyclic amines) is 1. The molecular weight excluding hydrogens is 344 g/mol. The Morgan fingerprint density at radius 1 is 1.30 bits per heavy atom. The van der Waals surface area contributed by atoms with Gasteiger partial charge < -0.3 is 20.1 Å². The smallest absolute Gasteiger partial charge is 0.226 e. The molecule has 1 saturated carbocycles. The molecule has 0 radical (unpaired) electrons. The first kappa shape index (κ1) is 19.6. The number of nitrogens with zero attached hydrogens (tertiary/aromatic N) is 4. The third-order valence-electron chi connectivity index (χ3n) is 5.45. The van der Waals surface area contributed by atoms with Crippen molar-refractivity contribution in [2.24, 2.45) is 10.9 Å². The van der Waals surface area contributed by atoms with Gasteiger partial charge in [-0.3, -0.25) is 9.79 Å². The summed E-state index contributed by atoms with van der Waals surface area (Å²) < 4.78 is 5.12. The zero-order chi connectivity index (χ0) is 19.1. The molecule has 2 fully saturated rings. The molecule has 0 aromatic carbocycles. The quantitative estimate of drug-likeness (QED) is 0.445. The van der Waals surface area contributed by atoms with E-state index >= 15 is 0 Å². The predicted octanol–water partition coefficient (Wildman–Crippen LogP) is 1.66. The second-order valence-electron chi connectivity index (χ2n) is 7.59. The molecule has 8 nitrogen and oxygen atoms in total. The van der Waals surface area contributed by atoms with Crippen LogP contribution in [0.4, 0.5) is 0 Å². The number of carbonyl (C=O) groups excluding carboxylic acids is 1. The van der Waals surface area contributed by atoms with Crippen LogP contribution in [0, 0.1) is 12.8 Å². The fraction of sp³-hybridized carbons (Fsp3) is 0.789. The van der Waals surface area contributed by atoms with Crippen LogP contribution in [0.5, 0.6) is 0 Å². The van der Waals surface area contributed by atoms with E-state index in [-0.39, 0.29) is 12.0 Å². The number of rotatable bonds is 6. The van der Waals surface area contributed by atoms with E-state index in [1.54, 1.807) is 7.05 Å². The minimum atomic E-state index is 0.253. The van der Waals surface area contributed by atoms with Gasteiger partial charge in [0.05, 0.1) is 0 Å². The number of aliphatic imine (C=N–C) groups is 1. The maximum Gasteiger partial charge on any atom is 0.226 e. The van der Waals surface area contributed by atoms with E-state index in [1.165, 1.54) is 19.3 Å². The minimum Gasteiger partial charge on any atom is -0.356 e. The average Bonchev–Trinajstić information content (AvgIpc) is 3.33. The fourth-order valence-corrected chi connectivity index (χ4v) is 3.96. The highest BCUT2D eigenvalue weighted by Gasteiger charge is 2.31. The third-order valence-corrected chi connectivity index (χ3v) is 5.45. The summed E-state index contributed by atoms with van der Waals surface area (Å²) >= 11 is 0. The Hall–Kier alpha value is -2.12. The van der Waals surface area contributed by atoms with Gasteiger partial charge in [0.25, 0.3) is 0 Å². The Labute approximate surface area is 161 Å². The zero-order valence-corrected chi connectivity index (χ0v) is 16.5. The van der Waals surface area contributed by atoms with Crippen LogP contribution in [0.2, 0.25) is 0 Å². The molecule has 1 aromatic rings. The lowest BCUT2D eigenvalue weighted by Gasteiger charge is -2.26. The number of aromatic nitrogens is 2. The second kappa shape index (κ2) is 9.71. The number of carbonyl (C=O) groups is 1. The van der Waals surface area contributed by atoms with E-state index in [0.717, 1.165) is 57.7 Å². The molecule has 1 aromatic heterocycles. The molecule has 2 aliphatic rings. The molecule has 27 heavy (non-hydrogen) atoms. The lowest BCUT2D eigenvalue weighted by Crippen LogP contribution is -2.45. The molecule has 0 bridgehead atoms. The molecular formula is C19H32N6O2. The zero-order valence-electron chi connectivity index (χ0n) is 16.5. The van der Waals surface area contributed by atoms with Crippen molar-refractivity contribution in [3.05, 3.63) is 11.7 Å². The van der Waals surface area contributed by atoms with Crippen molar-refractivity contribution in [3.8, 4) is 0 Å². The molecule has 3 rings (SSSR count). The first-order valence-corrected chi connectivity index (χ1v) is 10.2. The van der Waals surface area contributed by atoms with Crippen LogP contribution in [0.25, 0.3) is 0 Å². The highest BCUT2D eigenvalue weighted by Crippen LogP contribution is 2.26. The Morgan fingerprint density at radius 2 is 2.11 bits per heavy atom. The molecule has 2 N–H and O–H groups in total. The predicted molar refractivity (Wildman–Crippen MR) is 103 cm³/mol. The van der Waals surface area contributed by atoms with Gasteiger partial charge in [-0.05, 0) is 32.6 Å². The van der Waals surface area contributed by atoms with Crippen molar-refractivity contribution in [3.63, 3.8) is 0 Å². The fourth-order valence-electron chi connectivity index (χ4n) is 3.96. The van der Waals surface area contributed by atoms with Gasteiger partial charge in [-0.2, -0.15) is 4.98 Å². The van der Waals surface area contributed by atoms with Crippen LogP contribution >= 0.6 is 0 Å². The lowest BCUT2D eigenvalue weighted by molar-refractivity contribution is -0.135. The van der Waals surface area contributed by atoms with Crippen LogP contribution in [-0.4, -0.2) is 59.6 Å². The van der Waals surface area contributed by atoms with Gasteiger partial charge in [0.15, 0.2) is 11.8 Å². The van der Waals surface area contributed by atoms with Gasteiger partial charge in [-0.1, -0.05) is 24.4 Å². The Morgan fingerprint density at radius 3 is 2.81 bits per heavy atom. The standard InChI is InChI=1S/C19H32N6O2/c1-14-22-17(27-24-14)9-6-11-21-19(20-2)23-16-10-12-25(13-16)18(26)15-7-4-3-5-8-15/h15-16H,3-13H2,1-2H3,(H2,20,21,23). The summed E-state index contributed by atoms with van der Waals surface area (Å²) in [4.78, 5) is 23.2. The van der Waals surface area contributed by atoms with Crippen LogP contribution in [0.3, 0.4) is 0 Å². The Bertz CT molecular complexity index is 638. The summed E-state index contributed by atoms with van der Waals surface area (Å²) in [6.45, 7) is 4.22. The van der Waals surface area contributed by atoms with Crippen molar-refractivity contribution in [1.29, 1.82) is 0 Å². The van der Waals surface area contributed by atoms with Gasteiger partial charge in [0, 0.05) is 45.1 Å². The summed E-state index contributed by atoms with van der Waals surface area (Å²) in [6, 6.07) is 0.266. The summed E-state index contributed by atoms with van der Waals surface area (Å²) in [5, 5.41) is 10.6. The molecule has 1 aliphatic carbocycles. The summed E-state index contributed by atoms with van der Waals surface area (Å²) in [5.74, 6) is 2.74. The topological polar surface area (TPSA) is 95.7 Å². The maximum absolute atomic E-state index is 12.7. The van der Waals surface area contributed by atoms with Crippen molar-refractivity contribution < 1.29 is 9.32 Å². The lowest BCUT2D eigenvalue weighted by atomic mass is 9.88. The number of amides is 1. The molecule has 2 heterocycles. The van der Waals surface area contributed by atoms with Gasteiger partial charge in [-0.25, -0.2) is 0 Å². The second-order valence-corrected chi connectivity index (χ2v) is 7.59. The summed E-state index contributed by atoms with van der Waals surface area (Å²) in [7, 11) is 1.77. The van der Waals surface area contributed by atoms with E-state index < -0.39 is 0 Å². The highest BCUT2D eigenvalue weighted by molar-refractivity contribution is 5.81. The van der Waals surface area contributed by atoms with E-state index in [4.69, 9.17) is 4.52 Å². The van der Waals surface area contributed by atoms with Crippen LogP contribution in [0.1, 0.15) is 56.7 Å². The first-order chi connectivity index (χ1) is 13.2. The van der Waals surface area contributed by atoms with Gasteiger partial charge in [-0.15, -0.1) is 0 Å². The van der Waals surface area contributed by atoms with Crippen molar-refractivity contribution in [1.82, 2.24) is 25.7 Å². The average molecular weight is 377 g/mol. The molecule has 1 aliphatic heterocycles. The van der Waals surface area contributed by atoms with Gasteiger partial charge in [0.1, 0.15) is 0 Å². The Balaban J connectivity index is 1.36. The molecule has 1 unspecified atom stereocenters. The number of hydrogen-bond acceptors (Lipinski definition) is 5. The van der Waals surface area contributed by atoms with Crippen LogP contribution in [-0.2, 0) is 11.2 Å². The number of aryl methyl sites for hydroxylation is 2. The van der Waals surface area contributed by atoms with E-state index in [9.17, 15) is 4.79 Å². The maximum atomic E-state index is 12.7. The largest absolute Gasteiger partial charge is 0.356 e. The third kappa shape index (κ3) is 5.68. The van der Waals surface area contributed by atoms with Crippen molar-refractivity contribution in [2.75, 3.05) is 26.7 Å². The highest BCUT2D eigenvalue weighted by atomic mass is 16.5. The van der Waals surface area contributed by atoms with Crippen molar-refractivity contribution in [2.45, 2.75) is 64.3 Å². The van der Waals surface area contributed by atoms with Gasteiger partial charge in [0.2, 0.25) is 11.8 Å². The SMILES string of the molecule is CN=C(NCCCc1nc(C)no1)NC1CCN(C(=O)C2CCCCC2)C1. The minimum absolute atomic E-state index is 0.253. The first-order valence-electron chi connectivity index (χ1n) is 10.2. The molecule has 8 heteroatoms. The number of hydrogen-bond donors (Lipinski definition) is 2. The number of nitrogens with one attached hydrogen (secondary N) is 2. The number of guanidine groups is 1. The normalized spacial score (nSPS) is 21.5. The van der Waals surface area contributed by atoms with Crippen molar-refractivity contribution >= 4 is 11.9 Å². The monoisotopic (exact) mass is 376 g/mol. The Kier molecular flexibility index (Phi) is 7.06. The molecule has 1 amide bonds. The van der Waals surface area contributed by atoms with Gasteiger partial charge >= 0.3 is 0 Å². The molecule has 150 valence electrons. The molecule has 0 spiro atoms. The van der Waals surface area contributed by atoms with Crippen LogP contribution < -0.4 is 10.6 Å². The van der Waals surface area contributed by atoms with E-state index in [2.05, 4.69) is 25.8 Å². The van der Waals surface area contributed by atoms with E-state index in [1.807, 2.05) is 11.8 Å². The van der Waals surface area contributed by atoms with Crippen LogP contribution in [0.15, 0.2) is 9.52 Å². The summed E-state index contributed by atoms with van der Waals surface area (Å²) in [6.07, 6.45) is 8.42.